The quantitative estimate of drug-likeness (QED) is 0.895. The van der Waals surface area contributed by atoms with Crippen LogP contribution in [0.4, 0.5) is 20.8 Å². The average Bonchev–Trinajstić information content (AvgIpc) is 2.96. The van der Waals surface area contributed by atoms with E-state index in [1.807, 2.05) is 4.90 Å². The van der Waals surface area contributed by atoms with Gasteiger partial charge in [-0.15, -0.1) is 5.10 Å². The van der Waals surface area contributed by atoms with Gasteiger partial charge in [0.2, 0.25) is 0 Å². The number of amides is 2. The fourth-order valence-electron chi connectivity index (χ4n) is 2.59. The van der Waals surface area contributed by atoms with E-state index in [2.05, 4.69) is 25.8 Å². The zero-order valence-electron chi connectivity index (χ0n) is 12.4. The highest BCUT2D eigenvalue weighted by atomic mass is 19.1. The lowest BCUT2D eigenvalue weighted by atomic mass is 10.2. The van der Waals surface area contributed by atoms with Gasteiger partial charge in [-0.1, -0.05) is 6.07 Å². The molecule has 2 amide bonds. The second kappa shape index (κ2) is 6.99. The second-order valence-corrected chi connectivity index (χ2v) is 5.27. The van der Waals surface area contributed by atoms with Crippen molar-refractivity contribution in [3.05, 3.63) is 42.7 Å². The van der Waals surface area contributed by atoms with Crippen LogP contribution in [0.3, 0.4) is 0 Å². The third-order valence-electron chi connectivity index (χ3n) is 3.62. The largest absolute Gasteiger partial charge is 0.347 e. The maximum absolute atomic E-state index is 13.8. The van der Waals surface area contributed by atoms with Gasteiger partial charge < -0.3 is 10.2 Å². The van der Waals surface area contributed by atoms with Crippen LogP contribution in [0.1, 0.15) is 6.42 Å². The minimum absolute atomic E-state index is 0.156. The van der Waals surface area contributed by atoms with Crippen LogP contribution in [0.15, 0.2) is 42.7 Å². The van der Waals surface area contributed by atoms with Crippen molar-refractivity contribution in [2.75, 3.05) is 23.3 Å². The fraction of sp³-hybridized carbons (Fsp3) is 0.333. The Hall–Kier alpha value is -2.77. The van der Waals surface area contributed by atoms with Gasteiger partial charge in [0.1, 0.15) is 12.0 Å². The highest BCUT2D eigenvalue weighted by Gasteiger charge is 2.33. The van der Waals surface area contributed by atoms with Gasteiger partial charge in [-0.2, -0.15) is 5.10 Å². The number of alkyl halides is 1. The number of aromatic nitrogens is 3. The van der Waals surface area contributed by atoms with Gasteiger partial charge in [0.25, 0.3) is 0 Å². The van der Waals surface area contributed by atoms with E-state index in [-0.39, 0.29) is 18.6 Å². The van der Waals surface area contributed by atoms with Crippen molar-refractivity contribution in [1.29, 1.82) is 0 Å². The van der Waals surface area contributed by atoms with Crippen LogP contribution in [0.25, 0.3) is 0 Å². The summed E-state index contributed by atoms with van der Waals surface area (Å²) in [7, 11) is 0. The lowest BCUT2D eigenvalue weighted by Gasteiger charge is -2.24. The van der Waals surface area contributed by atoms with Gasteiger partial charge in [0, 0.05) is 25.4 Å². The zero-order chi connectivity index (χ0) is 16.1. The smallest absolute Gasteiger partial charge is 0.320 e. The van der Waals surface area contributed by atoms with Crippen molar-refractivity contribution < 1.29 is 9.18 Å². The summed E-state index contributed by atoms with van der Waals surface area (Å²) in [4.78, 5) is 17.7. The van der Waals surface area contributed by atoms with Gasteiger partial charge in [0.05, 0.1) is 12.6 Å². The maximum atomic E-state index is 13.8. The number of hydrogen-bond acceptors (Lipinski definition) is 5. The Labute approximate surface area is 132 Å². The van der Waals surface area contributed by atoms with E-state index in [9.17, 15) is 9.18 Å². The van der Waals surface area contributed by atoms with Crippen molar-refractivity contribution >= 4 is 17.7 Å². The van der Waals surface area contributed by atoms with Crippen molar-refractivity contribution in [2.24, 2.45) is 0 Å². The number of nitrogens with zero attached hydrogens (tertiary/aromatic N) is 4. The molecule has 1 saturated heterocycles. The molecular formula is C15H17FN6O. The number of rotatable bonds is 4. The molecule has 2 aromatic heterocycles. The maximum Gasteiger partial charge on any atom is 0.320 e. The lowest BCUT2D eigenvalue weighted by molar-refractivity contribution is 0.251. The molecule has 8 heteroatoms. The van der Waals surface area contributed by atoms with Crippen LogP contribution in [-0.4, -0.2) is 46.5 Å². The van der Waals surface area contributed by atoms with Crippen LogP contribution < -0.4 is 15.5 Å². The Morgan fingerprint density at radius 2 is 2.22 bits per heavy atom. The predicted octanol–water partition coefficient (Wildman–Crippen LogP) is 1.61. The van der Waals surface area contributed by atoms with Crippen molar-refractivity contribution in [3.8, 4) is 0 Å². The molecule has 2 N–H and O–H groups in total. The molecule has 1 fully saturated rings. The van der Waals surface area contributed by atoms with Crippen molar-refractivity contribution in [1.82, 2.24) is 20.5 Å². The van der Waals surface area contributed by atoms with E-state index >= 15 is 0 Å². The first-order chi connectivity index (χ1) is 11.2. The molecule has 1 aliphatic heterocycles. The normalized spacial score (nSPS) is 20.3. The predicted molar refractivity (Wildman–Crippen MR) is 83.9 cm³/mol. The van der Waals surface area contributed by atoms with E-state index in [4.69, 9.17) is 0 Å². The van der Waals surface area contributed by atoms with Crippen LogP contribution >= 0.6 is 0 Å². The number of hydrogen-bond donors (Lipinski definition) is 2. The number of urea groups is 1. The monoisotopic (exact) mass is 316 g/mol. The summed E-state index contributed by atoms with van der Waals surface area (Å²) in [5.41, 5.74) is 0. The molecule has 0 unspecified atom stereocenters. The fourth-order valence-corrected chi connectivity index (χ4v) is 2.59. The Bertz CT molecular complexity index is 641. The molecule has 0 spiro atoms. The van der Waals surface area contributed by atoms with Gasteiger partial charge >= 0.3 is 6.03 Å². The molecule has 7 nitrogen and oxygen atoms in total. The zero-order valence-corrected chi connectivity index (χ0v) is 12.4. The summed E-state index contributed by atoms with van der Waals surface area (Å²) >= 11 is 0. The summed E-state index contributed by atoms with van der Waals surface area (Å²) in [5, 5.41) is 13.2. The third-order valence-corrected chi connectivity index (χ3v) is 3.62. The summed E-state index contributed by atoms with van der Waals surface area (Å²) in [5.74, 6) is 1.08. The first kappa shape index (κ1) is 15.1. The van der Waals surface area contributed by atoms with Gasteiger partial charge in [-0.25, -0.2) is 14.2 Å². The molecular weight excluding hydrogens is 299 g/mol. The number of pyridine rings is 1. The molecule has 3 rings (SSSR count). The first-order valence-electron chi connectivity index (χ1n) is 7.36. The Morgan fingerprint density at radius 1 is 1.30 bits per heavy atom. The molecule has 120 valence electrons. The van der Waals surface area contributed by atoms with Crippen LogP contribution in [0.2, 0.25) is 0 Å². The molecule has 0 aromatic carbocycles. The van der Waals surface area contributed by atoms with E-state index in [0.29, 0.717) is 24.6 Å². The number of halogens is 1. The van der Waals surface area contributed by atoms with Crippen LogP contribution in [-0.2, 0) is 0 Å². The van der Waals surface area contributed by atoms with Gasteiger partial charge in [-0.05, 0) is 24.3 Å². The van der Waals surface area contributed by atoms with E-state index in [1.54, 1.807) is 42.7 Å². The Balaban J connectivity index is 1.57. The van der Waals surface area contributed by atoms with E-state index in [0.717, 1.165) is 0 Å². The summed E-state index contributed by atoms with van der Waals surface area (Å²) in [6.45, 7) is 0.572. The summed E-state index contributed by atoms with van der Waals surface area (Å²) in [6, 6.07) is 8.25. The minimum atomic E-state index is -0.942. The molecule has 2 aromatic rings. The molecule has 1 aliphatic rings. The number of carbonyl (C=O) groups excluding carboxylic acids is 1. The Kier molecular flexibility index (Phi) is 4.60. The second-order valence-electron chi connectivity index (χ2n) is 5.27. The van der Waals surface area contributed by atoms with Gasteiger partial charge in [0.15, 0.2) is 5.82 Å². The molecule has 3 heterocycles. The minimum Gasteiger partial charge on any atom is -0.347 e. The topological polar surface area (TPSA) is 83.0 Å². The molecule has 0 saturated carbocycles. The van der Waals surface area contributed by atoms with Crippen molar-refractivity contribution in [2.45, 2.75) is 18.6 Å². The SMILES string of the molecule is O=C(NC[C@@H]1C[C@H](F)CN1c1cccnn1)Nc1ccccn1. The first-order valence-corrected chi connectivity index (χ1v) is 7.36. The van der Waals surface area contributed by atoms with Gasteiger partial charge in [-0.3, -0.25) is 5.32 Å². The highest BCUT2D eigenvalue weighted by Crippen LogP contribution is 2.24. The van der Waals surface area contributed by atoms with Crippen LogP contribution in [0.5, 0.6) is 0 Å². The molecule has 0 aliphatic carbocycles. The summed E-state index contributed by atoms with van der Waals surface area (Å²) < 4.78 is 13.8. The lowest BCUT2D eigenvalue weighted by Crippen LogP contribution is -2.42. The van der Waals surface area contributed by atoms with Crippen molar-refractivity contribution in [3.63, 3.8) is 0 Å². The Morgan fingerprint density at radius 3 is 2.96 bits per heavy atom. The molecule has 23 heavy (non-hydrogen) atoms. The highest BCUT2D eigenvalue weighted by molar-refractivity contribution is 5.88. The number of anilines is 2. The molecule has 0 bridgehead atoms. The van der Waals surface area contributed by atoms with Crippen LogP contribution in [0, 0.1) is 0 Å². The number of nitrogens with one attached hydrogen (secondary N) is 2. The number of carbonyl (C=O) groups is 1. The average molecular weight is 316 g/mol. The molecule has 0 radical (unpaired) electrons. The van der Waals surface area contributed by atoms with E-state index < -0.39 is 6.17 Å². The van der Waals surface area contributed by atoms with E-state index in [1.165, 1.54) is 0 Å². The molecule has 2 atom stereocenters. The third kappa shape index (κ3) is 3.91. The summed E-state index contributed by atoms with van der Waals surface area (Å²) in [6.07, 6.45) is 2.57. The standard InChI is InChI=1S/C15H17FN6O/c16-11-8-12(22(10-11)14-5-3-7-19-21-14)9-18-15(23)20-13-4-1-2-6-17-13/h1-7,11-12H,8-10H2,(H2,17,18,20,23)/t11-,12-/m0/s1.